The van der Waals surface area contributed by atoms with Gasteiger partial charge in [-0.3, -0.25) is 29.8 Å². The smallest absolute Gasteiger partial charge is 0.268 e. The van der Waals surface area contributed by atoms with Crippen LogP contribution in [0.1, 0.15) is 40.1 Å². The summed E-state index contributed by atoms with van der Waals surface area (Å²) in [6, 6.07) is 12.6. The first kappa shape index (κ1) is 31.0. The van der Waals surface area contributed by atoms with Gasteiger partial charge < -0.3 is 30.4 Å². The van der Waals surface area contributed by atoms with Gasteiger partial charge in [0.15, 0.2) is 0 Å². The third-order valence-electron chi connectivity index (χ3n) is 7.10. The fourth-order valence-corrected chi connectivity index (χ4v) is 6.20. The molecule has 0 aliphatic carbocycles. The molecule has 6 rings (SSSR count). The molecular weight excluding hydrogens is 645 g/mol. The molecule has 0 bridgehead atoms. The molecule has 238 valence electrons. The van der Waals surface area contributed by atoms with Crippen molar-refractivity contribution in [3.8, 4) is 11.5 Å². The summed E-state index contributed by atoms with van der Waals surface area (Å²) < 4.78 is 8.87. The Kier molecular flexibility index (Phi) is 8.43. The van der Waals surface area contributed by atoms with Crippen LogP contribution in [0.4, 0.5) is 11.9 Å². The lowest BCUT2D eigenvalue weighted by atomic mass is 10.1. The molecule has 0 atom stereocenters. The number of carbonyl (C=O) groups is 4. The molecule has 4 heterocycles. The third-order valence-corrected chi connectivity index (χ3v) is 8.84. The highest BCUT2D eigenvalue weighted by Crippen LogP contribution is 2.32. The number of benzene rings is 2. The number of anilines is 2. The van der Waals surface area contributed by atoms with Crippen molar-refractivity contribution in [1.29, 1.82) is 0 Å². The number of hydrogen-bond acceptors (Lipinski definition) is 10. The second kappa shape index (κ2) is 12.8. The van der Waals surface area contributed by atoms with E-state index in [0.29, 0.717) is 26.5 Å². The average molecular weight is 671 g/mol. The van der Waals surface area contributed by atoms with Crippen molar-refractivity contribution in [3.05, 3.63) is 92.3 Å². The van der Waals surface area contributed by atoms with Crippen LogP contribution in [0, 0.1) is 0 Å². The average Bonchev–Trinajstić information content (AvgIpc) is 3.86. The number of rotatable bonds is 11. The summed E-state index contributed by atoms with van der Waals surface area (Å²) in [6.45, 7) is 0.316. The molecule has 4 amide bonds. The monoisotopic (exact) mass is 670 g/mol. The lowest BCUT2D eigenvalue weighted by molar-refractivity contribution is 0.0991. The van der Waals surface area contributed by atoms with Gasteiger partial charge >= 0.3 is 0 Å². The maximum atomic E-state index is 13.0. The minimum atomic E-state index is -0.742. The number of aromatic hydroxyl groups is 1. The van der Waals surface area contributed by atoms with Crippen LogP contribution < -0.4 is 26.8 Å². The molecule has 47 heavy (non-hydrogen) atoms. The second-order valence-corrected chi connectivity index (χ2v) is 12.0. The lowest BCUT2D eigenvalue weighted by Gasteiger charge is -2.11. The predicted octanol–water partition coefficient (Wildman–Crippen LogP) is 4.18. The lowest BCUT2D eigenvalue weighted by Crippen LogP contribution is -2.15. The Morgan fingerprint density at radius 3 is 1.77 bits per heavy atom. The summed E-state index contributed by atoms with van der Waals surface area (Å²) in [4.78, 5) is 59.7. The Bertz CT molecular complexity index is 2200. The van der Waals surface area contributed by atoms with E-state index in [4.69, 9.17) is 16.2 Å². The summed E-state index contributed by atoms with van der Waals surface area (Å²) in [6.07, 6.45) is 3.55. The highest BCUT2D eigenvalue weighted by Gasteiger charge is 2.21. The van der Waals surface area contributed by atoms with E-state index in [-0.39, 0.29) is 58.8 Å². The topological polar surface area (TPSA) is 209 Å². The normalized spacial score (nSPS) is 11.3. The maximum absolute atomic E-state index is 13.0. The number of methoxy groups -OCH3 is 1. The van der Waals surface area contributed by atoms with Crippen LogP contribution in [0.2, 0.25) is 0 Å². The second-order valence-electron chi connectivity index (χ2n) is 10.1. The first-order valence-corrected chi connectivity index (χ1v) is 15.7. The Balaban J connectivity index is 1.36. The van der Waals surface area contributed by atoms with Crippen molar-refractivity contribution in [2.45, 2.75) is 13.1 Å². The van der Waals surface area contributed by atoms with Gasteiger partial charge in [-0.2, -0.15) is 0 Å². The molecule has 7 N–H and O–H groups in total. The number of nitrogens with two attached hydrogens (primary N) is 2. The fourth-order valence-electron chi connectivity index (χ4n) is 4.96. The van der Waals surface area contributed by atoms with Gasteiger partial charge in [-0.1, -0.05) is 24.3 Å². The number of nitrogens with zero attached hydrogens (tertiary/aromatic N) is 4. The number of nitrogens with one attached hydrogen (secondary N) is 2. The van der Waals surface area contributed by atoms with E-state index in [0.717, 1.165) is 0 Å². The highest BCUT2D eigenvalue weighted by molar-refractivity contribution is 7.12. The van der Waals surface area contributed by atoms with Crippen LogP contribution >= 0.6 is 22.7 Å². The number of allylic oxidation sites excluding steroid dienone is 2. The predicted molar refractivity (Wildman–Crippen MR) is 178 cm³/mol. The number of thiophene rings is 2. The van der Waals surface area contributed by atoms with Crippen LogP contribution in [0.3, 0.4) is 0 Å². The molecule has 0 aliphatic heterocycles. The molecule has 0 fully saturated rings. The molecule has 0 spiro atoms. The van der Waals surface area contributed by atoms with Gasteiger partial charge in [0, 0.05) is 24.2 Å². The molecule has 0 aliphatic rings. The summed E-state index contributed by atoms with van der Waals surface area (Å²) in [5.41, 5.74) is 12.6. The number of amides is 4. The van der Waals surface area contributed by atoms with Crippen LogP contribution in [-0.2, 0) is 13.1 Å². The van der Waals surface area contributed by atoms with E-state index < -0.39 is 17.7 Å². The molecule has 0 unspecified atom stereocenters. The molecule has 0 saturated heterocycles. The van der Waals surface area contributed by atoms with Gasteiger partial charge in [0.1, 0.15) is 22.5 Å². The quantitative estimate of drug-likeness (QED) is 0.126. The molecular formula is C31H26N8O6S2. The molecule has 0 radical (unpaired) electrons. The summed E-state index contributed by atoms with van der Waals surface area (Å²) in [7, 11) is 1.45. The molecule has 14 nitrogen and oxygen atoms in total. The van der Waals surface area contributed by atoms with Gasteiger partial charge in [-0.05, 0) is 47.2 Å². The zero-order valence-electron chi connectivity index (χ0n) is 24.6. The Labute approximate surface area is 273 Å². The van der Waals surface area contributed by atoms with Crippen molar-refractivity contribution < 1.29 is 29.0 Å². The first-order chi connectivity index (χ1) is 22.6. The van der Waals surface area contributed by atoms with Crippen molar-refractivity contribution in [1.82, 2.24) is 19.1 Å². The molecule has 4 aromatic heterocycles. The number of ether oxygens (including phenoxy) is 1. The highest BCUT2D eigenvalue weighted by atomic mass is 32.1. The van der Waals surface area contributed by atoms with Crippen LogP contribution in [-0.4, -0.2) is 54.9 Å². The van der Waals surface area contributed by atoms with Gasteiger partial charge in [-0.15, -0.1) is 22.7 Å². The van der Waals surface area contributed by atoms with E-state index in [2.05, 4.69) is 20.6 Å². The van der Waals surface area contributed by atoms with E-state index in [9.17, 15) is 24.3 Å². The van der Waals surface area contributed by atoms with Crippen LogP contribution in [0.25, 0.3) is 22.1 Å². The van der Waals surface area contributed by atoms with Crippen LogP contribution in [0.5, 0.6) is 11.5 Å². The summed E-state index contributed by atoms with van der Waals surface area (Å²) in [5.74, 6) is -1.75. The number of carbonyl (C=O) groups excluding carboxylic acids is 4. The SMILES string of the molecule is COc1cc(C(N)=O)cc2nc(NC(=O)c3cccs3)n(C/C=C/Cn3c(NC(=O)c4cccs4)nc4cc(C(N)=O)cc(O)c43)c12. The van der Waals surface area contributed by atoms with E-state index in [1.807, 2.05) is 0 Å². The Hall–Kier alpha value is -6.00. The van der Waals surface area contributed by atoms with E-state index in [1.165, 1.54) is 54.0 Å². The van der Waals surface area contributed by atoms with Gasteiger partial charge in [-0.25, -0.2) is 9.97 Å². The van der Waals surface area contributed by atoms with E-state index in [1.54, 1.807) is 56.3 Å². The largest absolute Gasteiger partial charge is 0.506 e. The molecule has 2 aromatic carbocycles. The number of hydrogen-bond donors (Lipinski definition) is 5. The first-order valence-electron chi connectivity index (χ1n) is 13.9. The van der Waals surface area contributed by atoms with Crippen LogP contribution in [0.15, 0.2) is 71.4 Å². The number of primary amides is 2. The zero-order chi connectivity index (χ0) is 33.2. The van der Waals surface area contributed by atoms with Crippen molar-refractivity contribution in [2.75, 3.05) is 17.7 Å². The standard InChI is InChI=1S/C31H26N8O6S2/c1-45-21-15-17(27(33)42)13-19-25(21)39(31(35-19)37-29(44)23-7-5-11-47-23)9-3-2-8-38-24-18(12-16(26(32)41)14-20(24)40)34-30(38)36-28(43)22-6-4-10-46-22/h2-7,10-15,40H,8-9H2,1H3,(H2,32,41)(H2,33,42)(H,34,36,43)(H,35,37,44)/b3-2+. The molecule has 0 saturated carbocycles. The van der Waals surface area contributed by atoms with Crippen molar-refractivity contribution in [3.63, 3.8) is 0 Å². The minimum absolute atomic E-state index is 0.0591. The Morgan fingerprint density at radius 1 is 0.809 bits per heavy atom. The van der Waals surface area contributed by atoms with Gasteiger partial charge in [0.25, 0.3) is 11.8 Å². The number of fused-ring (bicyclic) bond motifs is 2. The number of aromatic nitrogens is 4. The van der Waals surface area contributed by atoms with E-state index >= 15 is 0 Å². The summed E-state index contributed by atoms with van der Waals surface area (Å²) >= 11 is 2.53. The summed E-state index contributed by atoms with van der Waals surface area (Å²) in [5, 5.41) is 20.0. The maximum Gasteiger partial charge on any atom is 0.268 e. The Morgan fingerprint density at radius 2 is 1.30 bits per heavy atom. The van der Waals surface area contributed by atoms with Crippen molar-refractivity contribution in [2.24, 2.45) is 11.5 Å². The third kappa shape index (κ3) is 6.14. The zero-order valence-corrected chi connectivity index (χ0v) is 26.2. The molecule has 6 aromatic rings. The van der Waals surface area contributed by atoms with Crippen molar-refractivity contribution >= 4 is 80.3 Å². The fraction of sp³-hybridized carbons (Fsp3) is 0.0968. The number of phenolic OH excluding ortho intramolecular Hbond substituents is 1. The van der Waals surface area contributed by atoms with Gasteiger partial charge in [0.2, 0.25) is 23.7 Å². The number of phenols is 1. The van der Waals surface area contributed by atoms with Gasteiger partial charge in [0.05, 0.1) is 27.9 Å². The number of imidazole rings is 2. The molecule has 16 heteroatoms. The minimum Gasteiger partial charge on any atom is -0.506 e.